The van der Waals surface area contributed by atoms with Gasteiger partial charge in [0.2, 0.25) is 0 Å². The number of nitrogens with zero attached hydrogens (tertiary/aromatic N) is 2. The molecule has 0 aromatic carbocycles. The summed E-state index contributed by atoms with van der Waals surface area (Å²) < 4.78 is 0. The highest BCUT2D eigenvalue weighted by Gasteiger charge is 2.07. The van der Waals surface area contributed by atoms with Crippen LogP contribution in [0.1, 0.15) is 21.1 Å². The summed E-state index contributed by atoms with van der Waals surface area (Å²) in [6, 6.07) is 9.19. The molecular formula is C13H14N2O2S. The lowest BCUT2D eigenvalue weighted by molar-refractivity contribution is 0.0690. The van der Waals surface area contributed by atoms with Crippen LogP contribution in [0.4, 0.5) is 0 Å². The number of aromatic carboxylic acids is 1. The first-order valence-electron chi connectivity index (χ1n) is 5.55. The molecule has 0 radical (unpaired) electrons. The van der Waals surface area contributed by atoms with Gasteiger partial charge in [-0.3, -0.25) is 4.90 Å². The minimum atomic E-state index is -0.988. The Morgan fingerprint density at radius 3 is 2.83 bits per heavy atom. The van der Waals surface area contributed by atoms with Crippen molar-refractivity contribution in [2.45, 2.75) is 13.1 Å². The maximum absolute atomic E-state index is 10.8. The predicted octanol–water partition coefficient (Wildman–Crippen LogP) is 2.47. The Kier molecular flexibility index (Phi) is 4.07. The molecule has 2 rings (SSSR count). The summed E-state index contributed by atoms with van der Waals surface area (Å²) in [4.78, 5) is 18.3. The Bertz CT molecular complexity index is 526. The summed E-state index contributed by atoms with van der Waals surface area (Å²) in [6.45, 7) is 1.48. The molecule has 0 amide bonds. The fraction of sp³-hybridized carbons (Fsp3) is 0.231. The van der Waals surface area contributed by atoms with Crippen molar-refractivity contribution in [3.05, 3.63) is 52.0 Å². The molecule has 0 spiro atoms. The summed E-state index contributed by atoms with van der Waals surface area (Å²) in [7, 11) is 1.99. The number of hydrogen-bond donors (Lipinski definition) is 1. The smallest absolute Gasteiger partial charge is 0.354 e. The molecule has 5 heteroatoms. The molecule has 94 valence electrons. The van der Waals surface area contributed by atoms with E-state index in [9.17, 15) is 4.79 Å². The molecule has 0 aliphatic heterocycles. The number of aromatic nitrogens is 1. The second-order valence-corrected chi connectivity index (χ2v) is 5.10. The highest BCUT2D eigenvalue weighted by molar-refractivity contribution is 7.09. The molecule has 2 heterocycles. The van der Waals surface area contributed by atoms with E-state index in [-0.39, 0.29) is 5.69 Å². The van der Waals surface area contributed by atoms with Crippen molar-refractivity contribution in [1.29, 1.82) is 0 Å². The van der Waals surface area contributed by atoms with Crippen molar-refractivity contribution in [3.8, 4) is 0 Å². The van der Waals surface area contributed by atoms with Crippen LogP contribution < -0.4 is 0 Å². The van der Waals surface area contributed by atoms with E-state index in [1.807, 2.05) is 24.6 Å². The molecule has 0 fully saturated rings. The second-order valence-electron chi connectivity index (χ2n) is 4.07. The summed E-state index contributed by atoms with van der Waals surface area (Å²) in [5.74, 6) is -0.988. The van der Waals surface area contributed by atoms with Crippen molar-refractivity contribution < 1.29 is 9.90 Å². The minimum absolute atomic E-state index is 0.0945. The first-order valence-corrected chi connectivity index (χ1v) is 6.43. The Morgan fingerprint density at radius 2 is 2.17 bits per heavy atom. The molecule has 0 saturated carbocycles. The molecular weight excluding hydrogens is 248 g/mol. The fourth-order valence-corrected chi connectivity index (χ4v) is 2.47. The van der Waals surface area contributed by atoms with Gasteiger partial charge in [-0.05, 0) is 30.6 Å². The number of rotatable bonds is 5. The van der Waals surface area contributed by atoms with E-state index in [0.717, 1.165) is 12.2 Å². The topological polar surface area (TPSA) is 53.4 Å². The maximum atomic E-state index is 10.8. The Morgan fingerprint density at radius 1 is 1.33 bits per heavy atom. The maximum Gasteiger partial charge on any atom is 0.354 e. The van der Waals surface area contributed by atoms with E-state index < -0.39 is 5.97 Å². The van der Waals surface area contributed by atoms with Crippen molar-refractivity contribution in [2.24, 2.45) is 0 Å². The van der Waals surface area contributed by atoms with Crippen molar-refractivity contribution in [1.82, 2.24) is 9.88 Å². The van der Waals surface area contributed by atoms with Gasteiger partial charge in [0.15, 0.2) is 0 Å². The molecule has 0 saturated heterocycles. The van der Waals surface area contributed by atoms with Crippen LogP contribution >= 0.6 is 11.3 Å². The molecule has 0 unspecified atom stereocenters. The first kappa shape index (κ1) is 12.7. The van der Waals surface area contributed by atoms with E-state index >= 15 is 0 Å². The van der Waals surface area contributed by atoms with Gasteiger partial charge in [0.05, 0.1) is 5.69 Å². The van der Waals surface area contributed by atoms with E-state index in [1.54, 1.807) is 17.4 Å². The van der Waals surface area contributed by atoms with E-state index in [1.165, 1.54) is 10.9 Å². The van der Waals surface area contributed by atoms with Crippen LogP contribution in [0.3, 0.4) is 0 Å². The summed E-state index contributed by atoms with van der Waals surface area (Å²) in [5, 5.41) is 10.9. The van der Waals surface area contributed by atoms with Gasteiger partial charge in [-0.25, -0.2) is 9.78 Å². The van der Waals surface area contributed by atoms with E-state index in [0.29, 0.717) is 6.54 Å². The van der Waals surface area contributed by atoms with Gasteiger partial charge in [-0.1, -0.05) is 12.1 Å². The quantitative estimate of drug-likeness (QED) is 0.899. The second kappa shape index (κ2) is 5.75. The van der Waals surface area contributed by atoms with Crippen LogP contribution in [-0.4, -0.2) is 28.0 Å². The van der Waals surface area contributed by atoms with Crippen LogP contribution in [-0.2, 0) is 13.1 Å². The van der Waals surface area contributed by atoms with Crippen molar-refractivity contribution in [2.75, 3.05) is 7.05 Å². The number of carboxylic acids is 1. The Labute approximate surface area is 110 Å². The highest BCUT2D eigenvalue weighted by Crippen LogP contribution is 2.12. The van der Waals surface area contributed by atoms with E-state index in [2.05, 4.69) is 16.0 Å². The molecule has 0 aliphatic rings. The average molecular weight is 262 g/mol. The fourth-order valence-electron chi connectivity index (χ4n) is 1.69. The van der Waals surface area contributed by atoms with Crippen molar-refractivity contribution in [3.63, 3.8) is 0 Å². The highest BCUT2D eigenvalue weighted by atomic mass is 32.1. The molecule has 1 N–H and O–H groups in total. The third kappa shape index (κ3) is 3.38. The lowest BCUT2D eigenvalue weighted by Crippen LogP contribution is -2.18. The van der Waals surface area contributed by atoms with Gasteiger partial charge in [-0.2, -0.15) is 0 Å². The van der Waals surface area contributed by atoms with Gasteiger partial charge in [-0.15, -0.1) is 11.3 Å². The number of hydrogen-bond acceptors (Lipinski definition) is 4. The standard InChI is InChI=1S/C13H14N2O2S/c1-15(9-11-5-3-7-18-11)8-10-4-2-6-12(14-10)13(16)17/h2-7H,8-9H2,1H3,(H,16,17). The normalized spacial score (nSPS) is 10.8. The Hall–Kier alpha value is -1.72. The SMILES string of the molecule is CN(Cc1cccc(C(=O)O)n1)Cc1cccs1. The number of carbonyl (C=O) groups is 1. The molecule has 4 nitrogen and oxygen atoms in total. The van der Waals surface area contributed by atoms with Gasteiger partial charge in [0.25, 0.3) is 0 Å². The lowest BCUT2D eigenvalue weighted by atomic mass is 10.3. The van der Waals surface area contributed by atoms with Crippen molar-refractivity contribution >= 4 is 17.3 Å². The van der Waals surface area contributed by atoms with Gasteiger partial charge >= 0.3 is 5.97 Å². The molecule has 0 bridgehead atoms. The molecule has 2 aromatic heterocycles. The van der Waals surface area contributed by atoms with Crippen LogP contribution in [0.25, 0.3) is 0 Å². The third-order valence-electron chi connectivity index (χ3n) is 2.46. The summed E-state index contributed by atoms with van der Waals surface area (Å²) in [5.41, 5.74) is 0.867. The largest absolute Gasteiger partial charge is 0.477 e. The van der Waals surface area contributed by atoms with Crippen LogP contribution in [0.15, 0.2) is 35.7 Å². The number of thiophene rings is 1. The zero-order chi connectivity index (χ0) is 13.0. The lowest BCUT2D eigenvalue weighted by Gasteiger charge is -2.15. The molecule has 0 aliphatic carbocycles. The molecule has 2 aromatic rings. The minimum Gasteiger partial charge on any atom is -0.477 e. The Balaban J connectivity index is 2.00. The summed E-state index contributed by atoms with van der Waals surface area (Å²) >= 11 is 1.71. The van der Waals surface area contributed by atoms with Gasteiger partial charge in [0.1, 0.15) is 5.69 Å². The third-order valence-corrected chi connectivity index (χ3v) is 3.32. The van der Waals surface area contributed by atoms with Crippen LogP contribution in [0.2, 0.25) is 0 Å². The molecule has 18 heavy (non-hydrogen) atoms. The number of carboxylic acid groups (broad SMARTS) is 1. The zero-order valence-electron chi connectivity index (χ0n) is 10.0. The number of pyridine rings is 1. The first-order chi connectivity index (χ1) is 8.65. The zero-order valence-corrected chi connectivity index (χ0v) is 10.9. The van der Waals surface area contributed by atoms with Gasteiger partial charge in [0, 0.05) is 18.0 Å². The predicted molar refractivity (Wildman–Crippen MR) is 70.7 cm³/mol. The van der Waals surface area contributed by atoms with Crippen LogP contribution in [0.5, 0.6) is 0 Å². The monoisotopic (exact) mass is 262 g/mol. The van der Waals surface area contributed by atoms with E-state index in [4.69, 9.17) is 5.11 Å². The molecule has 0 atom stereocenters. The van der Waals surface area contributed by atoms with Crippen LogP contribution in [0, 0.1) is 0 Å². The average Bonchev–Trinajstić information content (AvgIpc) is 2.82. The summed E-state index contributed by atoms with van der Waals surface area (Å²) in [6.07, 6.45) is 0. The van der Waals surface area contributed by atoms with Gasteiger partial charge < -0.3 is 5.11 Å².